The second-order valence-electron chi connectivity index (χ2n) is 7.61. The fraction of sp³-hybridized carbons (Fsp3) is 0.684. The molecule has 0 N–H and O–H groups in total. The lowest BCUT2D eigenvalue weighted by Crippen LogP contribution is -2.48. The third kappa shape index (κ3) is 2.12. The molecular weight excluding hydrogens is 288 g/mol. The van der Waals surface area contributed by atoms with Crippen LogP contribution >= 0.6 is 11.8 Å². The van der Waals surface area contributed by atoms with Gasteiger partial charge in [-0.15, -0.1) is 11.8 Å². The molecule has 1 saturated carbocycles. The van der Waals surface area contributed by atoms with E-state index in [0.717, 1.165) is 17.9 Å². The maximum absolute atomic E-state index is 2.79. The summed E-state index contributed by atoms with van der Waals surface area (Å²) in [5.41, 5.74) is 3.28. The minimum Gasteiger partial charge on any atom is -0.367 e. The van der Waals surface area contributed by atoms with Gasteiger partial charge in [-0.1, -0.05) is 18.6 Å². The Balaban J connectivity index is 1.44. The Morgan fingerprint density at radius 3 is 2.91 bits per heavy atom. The lowest BCUT2D eigenvalue weighted by atomic mass is 9.83. The van der Waals surface area contributed by atoms with Gasteiger partial charge in [0, 0.05) is 43.0 Å². The molecule has 2 atom stereocenters. The minimum absolute atomic E-state index is 0.766. The standard InChI is InChI=1S/C19H26N2S/c1-4-14(5-1)12-20-10-8-17-16(13-20)15-6-2-7-18-19(15)21(17)9-3-11-22-18/h2,6-7,14,16-17H,1,3-5,8-13H2. The Hall–Kier alpha value is -0.670. The lowest BCUT2D eigenvalue weighted by molar-refractivity contribution is 0.136. The van der Waals surface area contributed by atoms with E-state index in [9.17, 15) is 0 Å². The van der Waals surface area contributed by atoms with Crippen LogP contribution in [-0.2, 0) is 0 Å². The van der Waals surface area contributed by atoms with Gasteiger partial charge in [0.15, 0.2) is 0 Å². The van der Waals surface area contributed by atoms with Gasteiger partial charge < -0.3 is 9.80 Å². The summed E-state index contributed by atoms with van der Waals surface area (Å²) in [5.74, 6) is 3.06. The molecule has 3 heterocycles. The zero-order valence-corrected chi connectivity index (χ0v) is 14.2. The summed E-state index contributed by atoms with van der Waals surface area (Å²) in [4.78, 5) is 7.12. The van der Waals surface area contributed by atoms with Crippen molar-refractivity contribution in [2.24, 2.45) is 5.92 Å². The fourth-order valence-corrected chi connectivity index (χ4v) is 6.05. The predicted octanol–water partition coefficient (Wildman–Crippen LogP) is 3.96. The number of thioether (sulfide) groups is 1. The van der Waals surface area contributed by atoms with Gasteiger partial charge in [-0.25, -0.2) is 0 Å². The van der Waals surface area contributed by atoms with E-state index in [0.29, 0.717) is 0 Å². The molecule has 0 radical (unpaired) electrons. The number of hydrogen-bond acceptors (Lipinski definition) is 3. The second-order valence-corrected chi connectivity index (χ2v) is 8.75. The molecule has 2 nitrogen and oxygen atoms in total. The van der Waals surface area contributed by atoms with Crippen LogP contribution in [0.4, 0.5) is 5.69 Å². The first-order chi connectivity index (χ1) is 10.9. The van der Waals surface area contributed by atoms with Crippen molar-refractivity contribution in [3.8, 4) is 0 Å². The van der Waals surface area contributed by atoms with Gasteiger partial charge in [-0.05, 0) is 49.0 Å². The van der Waals surface area contributed by atoms with Crippen LogP contribution in [0.5, 0.6) is 0 Å². The Bertz CT molecular complexity index is 569. The molecule has 1 saturated heterocycles. The first-order valence-electron chi connectivity index (χ1n) is 9.15. The average Bonchev–Trinajstić information content (AvgIpc) is 2.66. The Morgan fingerprint density at radius 1 is 1.09 bits per heavy atom. The molecule has 5 rings (SSSR count). The maximum atomic E-state index is 2.79. The SMILES string of the molecule is c1cc2c3c(c1)C1CN(CC4CCC4)CCC1N3CCCS2. The number of fused-ring (bicyclic) bond motifs is 3. The molecule has 2 fully saturated rings. The number of rotatable bonds is 2. The van der Waals surface area contributed by atoms with E-state index in [1.807, 2.05) is 0 Å². The van der Waals surface area contributed by atoms with Crippen LogP contribution in [0.2, 0.25) is 0 Å². The van der Waals surface area contributed by atoms with Crippen molar-refractivity contribution in [3.63, 3.8) is 0 Å². The minimum atomic E-state index is 0.766. The van der Waals surface area contributed by atoms with Gasteiger partial charge in [-0.3, -0.25) is 0 Å². The highest BCUT2D eigenvalue weighted by molar-refractivity contribution is 7.99. The molecule has 0 spiro atoms. The van der Waals surface area contributed by atoms with Crippen LogP contribution < -0.4 is 4.90 Å². The number of likely N-dealkylation sites (tertiary alicyclic amines) is 1. The van der Waals surface area contributed by atoms with Crippen LogP contribution in [-0.4, -0.2) is 42.9 Å². The molecule has 4 aliphatic rings. The summed E-state index contributed by atoms with van der Waals surface area (Å²) in [6.07, 6.45) is 7.15. The van der Waals surface area contributed by atoms with Crippen LogP contribution in [0.3, 0.4) is 0 Å². The monoisotopic (exact) mass is 314 g/mol. The number of piperidine rings is 1. The number of nitrogens with zero attached hydrogens (tertiary/aromatic N) is 2. The molecule has 2 unspecified atom stereocenters. The van der Waals surface area contributed by atoms with Crippen molar-refractivity contribution in [1.82, 2.24) is 4.90 Å². The topological polar surface area (TPSA) is 6.48 Å². The normalized spacial score (nSPS) is 31.4. The van der Waals surface area contributed by atoms with Crippen molar-refractivity contribution in [3.05, 3.63) is 23.8 Å². The zero-order chi connectivity index (χ0) is 14.5. The molecule has 3 aliphatic heterocycles. The molecular formula is C19H26N2S. The molecule has 22 heavy (non-hydrogen) atoms. The summed E-state index contributed by atoms with van der Waals surface area (Å²) in [5, 5.41) is 0. The van der Waals surface area contributed by atoms with Crippen molar-refractivity contribution >= 4 is 17.4 Å². The highest BCUT2D eigenvalue weighted by Crippen LogP contribution is 2.50. The molecule has 1 aromatic carbocycles. The van der Waals surface area contributed by atoms with Gasteiger partial charge in [0.25, 0.3) is 0 Å². The first kappa shape index (κ1) is 13.7. The highest BCUT2D eigenvalue weighted by atomic mass is 32.2. The van der Waals surface area contributed by atoms with E-state index in [-0.39, 0.29) is 0 Å². The van der Waals surface area contributed by atoms with E-state index in [1.165, 1.54) is 64.0 Å². The Kier molecular flexibility index (Phi) is 3.40. The third-order valence-electron chi connectivity index (χ3n) is 6.32. The van der Waals surface area contributed by atoms with Gasteiger partial charge >= 0.3 is 0 Å². The van der Waals surface area contributed by atoms with Crippen LogP contribution in [0.1, 0.15) is 43.6 Å². The summed E-state index contributed by atoms with van der Waals surface area (Å²) in [6.45, 7) is 5.28. The summed E-state index contributed by atoms with van der Waals surface area (Å²) in [7, 11) is 0. The van der Waals surface area contributed by atoms with Crippen LogP contribution in [0.25, 0.3) is 0 Å². The van der Waals surface area contributed by atoms with E-state index in [2.05, 4.69) is 39.8 Å². The molecule has 1 aromatic rings. The van der Waals surface area contributed by atoms with Crippen molar-refractivity contribution in [2.75, 3.05) is 36.8 Å². The summed E-state index contributed by atoms with van der Waals surface area (Å²) in [6, 6.07) is 7.87. The molecule has 0 aromatic heterocycles. The molecule has 0 bridgehead atoms. The van der Waals surface area contributed by atoms with E-state index in [1.54, 1.807) is 16.1 Å². The summed E-state index contributed by atoms with van der Waals surface area (Å²) >= 11 is 2.08. The number of anilines is 1. The largest absolute Gasteiger partial charge is 0.367 e. The van der Waals surface area contributed by atoms with E-state index < -0.39 is 0 Å². The second kappa shape index (κ2) is 5.45. The third-order valence-corrected chi connectivity index (χ3v) is 7.45. The first-order valence-corrected chi connectivity index (χ1v) is 10.1. The van der Waals surface area contributed by atoms with Crippen molar-refractivity contribution in [2.45, 2.75) is 49.0 Å². The van der Waals surface area contributed by atoms with Crippen LogP contribution in [0.15, 0.2) is 23.1 Å². The van der Waals surface area contributed by atoms with E-state index in [4.69, 9.17) is 0 Å². The molecule has 118 valence electrons. The number of para-hydroxylation sites is 1. The maximum Gasteiger partial charge on any atom is 0.0543 e. The zero-order valence-electron chi connectivity index (χ0n) is 13.3. The Morgan fingerprint density at radius 2 is 2.05 bits per heavy atom. The van der Waals surface area contributed by atoms with Gasteiger partial charge in [0.2, 0.25) is 0 Å². The van der Waals surface area contributed by atoms with Crippen molar-refractivity contribution < 1.29 is 0 Å². The van der Waals surface area contributed by atoms with Gasteiger partial charge in [0.05, 0.1) is 5.69 Å². The van der Waals surface area contributed by atoms with Gasteiger partial charge in [0.1, 0.15) is 0 Å². The number of hydrogen-bond donors (Lipinski definition) is 0. The molecule has 3 heteroatoms. The quantitative estimate of drug-likeness (QED) is 0.816. The fourth-order valence-electron chi connectivity index (χ4n) is 5.01. The Labute approximate surface area is 138 Å². The van der Waals surface area contributed by atoms with E-state index >= 15 is 0 Å². The lowest BCUT2D eigenvalue weighted by Gasteiger charge is -2.41. The smallest absolute Gasteiger partial charge is 0.0543 e. The predicted molar refractivity (Wildman–Crippen MR) is 94.1 cm³/mol. The average molecular weight is 314 g/mol. The van der Waals surface area contributed by atoms with Gasteiger partial charge in [-0.2, -0.15) is 0 Å². The van der Waals surface area contributed by atoms with Crippen LogP contribution in [0, 0.1) is 5.92 Å². The highest BCUT2D eigenvalue weighted by Gasteiger charge is 2.43. The van der Waals surface area contributed by atoms with Crippen molar-refractivity contribution in [1.29, 1.82) is 0 Å². The molecule has 0 amide bonds. The number of benzene rings is 1. The summed E-state index contributed by atoms with van der Waals surface area (Å²) < 4.78 is 0. The molecule has 1 aliphatic carbocycles.